The Labute approximate surface area is 149 Å². The first-order valence-electron chi connectivity index (χ1n) is 8.66. The third kappa shape index (κ3) is 4.92. The van der Waals surface area contributed by atoms with Crippen molar-refractivity contribution in [3.63, 3.8) is 0 Å². The van der Waals surface area contributed by atoms with Crippen LogP contribution in [0, 0.1) is 6.92 Å². The predicted molar refractivity (Wildman–Crippen MR) is 100 cm³/mol. The van der Waals surface area contributed by atoms with E-state index in [2.05, 4.69) is 5.32 Å². The molecule has 0 saturated carbocycles. The molecule has 4 nitrogen and oxygen atoms in total. The van der Waals surface area contributed by atoms with Crippen molar-refractivity contribution in [2.24, 2.45) is 0 Å². The molecule has 25 heavy (non-hydrogen) atoms. The summed E-state index contributed by atoms with van der Waals surface area (Å²) in [5.41, 5.74) is 3.22. The van der Waals surface area contributed by atoms with Gasteiger partial charge in [-0.15, -0.1) is 0 Å². The molecule has 0 saturated heterocycles. The summed E-state index contributed by atoms with van der Waals surface area (Å²) in [5.74, 6) is -0.160. The van der Waals surface area contributed by atoms with Crippen molar-refractivity contribution < 1.29 is 9.59 Å². The highest BCUT2D eigenvalue weighted by molar-refractivity contribution is 5.87. The maximum atomic E-state index is 12.6. The SMILES string of the molecule is CCC(=O)N(Cc1ccccc1C)[C@@H](Cc1ccccc1)C(=O)NC. The number of likely N-dealkylation sites (N-methyl/N-ethyl adjacent to an activating group) is 1. The molecular formula is C21H26N2O2. The summed E-state index contributed by atoms with van der Waals surface area (Å²) in [6.45, 7) is 4.29. The van der Waals surface area contributed by atoms with Gasteiger partial charge in [-0.1, -0.05) is 61.5 Å². The summed E-state index contributed by atoms with van der Waals surface area (Å²) in [4.78, 5) is 26.9. The van der Waals surface area contributed by atoms with Crippen molar-refractivity contribution in [1.82, 2.24) is 10.2 Å². The fourth-order valence-electron chi connectivity index (χ4n) is 2.89. The van der Waals surface area contributed by atoms with E-state index in [1.165, 1.54) is 0 Å². The molecule has 0 aromatic heterocycles. The minimum atomic E-state index is -0.528. The van der Waals surface area contributed by atoms with E-state index in [4.69, 9.17) is 0 Å². The largest absolute Gasteiger partial charge is 0.357 e. The van der Waals surface area contributed by atoms with Gasteiger partial charge in [0.05, 0.1) is 0 Å². The van der Waals surface area contributed by atoms with Gasteiger partial charge in [0.25, 0.3) is 0 Å². The topological polar surface area (TPSA) is 49.4 Å². The number of rotatable bonds is 7. The second kappa shape index (κ2) is 9.02. The van der Waals surface area contributed by atoms with Gasteiger partial charge in [-0.3, -0.25) is 9.59 Å². The number of hydrogen-bond donors (Lipinski definition) is 1. The average Bonchev–Trinajstić information content (AvgIpc) is 2.65. The van der Waals surface area contributed by atoms with Crippen molar-refractivity contribution in [1.29, 1.82) is 0 Å². The lowest BCUT2D eigenvalue weighted by Gasteiger charge is -2.31. The van der Waals surface area contributed by atoms with Crippen LogP contribution in [0.25, 0.3) is 0 Å². The predicted octanol–water partition coefficient (Wildman–Crippen LogP) is 3.09. The molecule has 0 bridgehead atoms. The molecule has 1 N–H and O–H groups in total. The number of nitrogens with zero attached hydrogens (tertiary/aromatic N) is 1. The highest BCUT2D eigenvalue weighted by Crippen LogP contribution is 2.17. The summed E-state index contributed by atoms with van der Waals surface area (Å²) in [6, 6.07) is 17.3. The summed E-state index contributed by atoms with van der Waals surface area (Å²) in [6.07, 6.45) is 0.867. The lowest BCUT2D eigenvalue weighted by molar-refractivity contribution is -0.140. The Kier molecular flexibility index (Phi) is 6.75. The Bertz CT molecular complexity index is 713. The van der Waals surface area contributed by atoms with Crippen LogP contribution in [0.4, 0.5) is 0 Å². The van der Waals surface area contributed by atoms with Gasteiger partial charge in [-0.05, 0) is 23.6 Å². The van der Waals surface area contributed by atoms with E-state index in [0.29, 0.717) is 19.4 Å². The molecular weight excluding hydrogens is 312 g/mol. The summed E-state index contributed by atoms with van der Waals surface area (Å²) >= 11 is 0. The van der Waals surface area contributed by atoms with Crippen molar-refractivity contribution in [3.05, 3.63) is 71.3 Å². The van der Waals surface area contributed by atoms with Crippen LogP contribution in [0.5, 0.6) is 0 Å². The smallest absolute Gasteiger partial charge is 0.242 e. The molecule has 0 spiro atoms. The Morgan fingerprint density at radius 3 is 2.28 bits per heavy atom. The van der Waals surface area contributed by atoms with E-state index >= 15 is 0 Å². The minimum Gasteiger partial charge on any atom is -0.357 e. The molecule has 2 rings (SSSR count). The van der Waals surface area contributed by atoms with Crippen LogP contribution in [-0.2, 0) is 22.6 Å². The zero-order valence-corrected chi connectivity index (χ0v) is 15.2. The van der Waals surface area contributed by atoms with Crippen molar-refractivity contribution in [3.8, 4) is 0 Å². The van der Waals surface area contributed by atoms with E-state index in [0.717, 1.165) is 16.7 Å². The molecule has 2 aromatic rings. The lowest BCUT2D eigenvalue weighted by atomic mass is 10.0. The fourth-order valence-corrected chi connectivity index (χ4v) is 2.89. The van der Waals surface area contributed by atoms with Gasteiger partial charge in [0, 0.05) is 26.4 Å². The highest BCUT2D eigenvalue weighted by Gasteiger charge is 2.29. The Balaban J connectivity index is 2.34. The van der Waals surface area contributed by atoms with E-state index in [-0.39, 0.29) is 11.8 Å². The number of hydrogen-bond acceptors (Lipinski definition) is 2. The molecule has 2 aromatic carbocycles. The van der Waals surface area contributed by atoms with E-state index in [9.17, 15) is 9.59 Å². The lowest BCUT2D eigenvalue weighted by Crippen LogP contribution is -2.49. The number of benzene rings is 2. The Morgan fingerprint density at radius 2 is 1.68 bits per heavy atom. The molecule has 1 atom stereocenters. The fraction of sp³-hybridized carbons (Fsp3) is 0.333. The van der Waals surface area contributed by atoms with Crippen LogP contribution in [-0.4, -0.2) is 29.8 Å². The molecule has 0 heterocycles. The van der Waals surface area contributed by atoms with Crippen LogP contribution in [0.3, 0.4) is 0 Å². The number of carbonyl (C=O) groups is 2. The molecule has 4 heteroatoms. The second-order valence-corrected chi connectivity index (χ2v) is 6.12. The van der Waals surface area contributed by atoms with Crippen LogP contribution in [0.2, 0.25) is 0 Å². The van der Waals surface area contributed by atoms with Crippen molar-refractivity contribution in [2.75, 3.05) is 7.05 Å². The van der Waals surface area contributed by atoms with Gasteiger partial charge in [-0.2, -0.15) is 0 Å². The average molecular weight is 338 g/mol. The first-order chi connectivity index (χ1) is 12.1. The van der Waals surface area contributed by atoms with Crippen molar-refractivity contribution >= 4 is 11.8 Å². The molecule has 0 aliphatic rings. The van der Waals surface area contributed by atoms with E-state index in [1.54, 1.807) is 11.9 Å². The van der Waals surface area contributed by atoms with Gasteiger partial charge in [0.1, 0.15) is 6.04 Å². The second-order valence-electron chi connectivity index (χ2n) is 6.12. The third-order valence-electron chi connectivity index (χ3n) is 4.42. The Hall–Kier alpha value is -2.62. The highest BCUT2D eigenvalue weighted by atomic mass is 16.2. The zero-order chi connectivity index (χ0) is 18.2. The van der Waals surface area contributed by atoms with Gasteiger partial charge in [0.15, 0.2) is 0 Å². The molecule has 0 aliphatic carbocycles. The minimum absolute atomic E-state index is 0.0206. The van der Waals surface area contributed by atoms with Gasteiger partial charge < -0.3 is 10.2 Å². The summed E-state index contributed by atoms with van der Waals surface area (Å²) in [5, 5.41) is 2.71. The molecule has 0 aliphatic heterocycles. The van der Waals surface area contributed by atoms with Gasteiger partial charge >= 0.3 is 0 Å². The van der Waals surface area contributed by atoms with E-state index < -0.39 is 6.04 Å². The normalized spacial score (nSPS) is 11.6. The van der Waals surface area contributed by atoms with Crippen LogP contribution in [0.15, 0.2) is 54.6 Å². The standard InChI is InChI=1S/C21H26N2O2/c1-4-20(24)23(15-18-13-9-8-10-16(18)2)19(21(25)22-3)14-17-11-6-5-7-12-17/h5-13,19H,4,14-15H2,1-3H3,(H,22,25)/t19-/m0/s1. The molecule has 132 valence electrons. The van der Waals surface area contributed by atoms with E-state index in [1.807, 2.05) is 68.4 Å². The monoisotopic (exact) mass is 338 g/mol. The zero-order valence-electron chi connectivity index (χ0n) is 15.2. The number of aryl methyl sites for hydroxylation is 1. The molecule has 2 amide bonds. The molecule has 0 fully saturated rings. The maximum absolute atomic E-state index is 12.6. The Morgan fingerprint density at radius 1 is 1.04 bits per heavy atom. The first kappa shape index (κ1) is 18.7. The first-order valence-corrected chi connectivity index (χ1v) is 8.66. The summed E-state index contributed by atoms with van der Waals surface area (Å²) < 4.78 is 0. The third-order valence-corrected chi connectivity index (χ3v) is 4.42. The quantitative estimate of drug-likeness (QED) is 0.843. The van der Waals surface area contributed by atoms with Crippen LogP contribution in [0.1, 0.15) is 30.0 Å². The van der Waals surface area contributed by atoms with Crippen LogP contribution >= 0.6 is 0 Å². The molecule has 0 unspecified atom stereocenters. The van der Waals surface area contributed by atoms with Crippen molar-refractivity contribution in [2.45, 2.75) is 39.3 Å². The molecule has 0 radical (unpaired) electrons. The number of amides is 2. The maximum Gasteiger partial charge on any atom is 0.242 e. The van der Waals surface area contributed by atoms with Crippen LogP contribution < -0.4 is 5.32 Å². The summed E-state index contributed by atoms with van der Waals surface area (Å²) in [7, 11) is 1.61. The van der Waals surface area contributed by atoms with Gasteiger partial charge in [0.2, 0.25) is 11.8 Å². The number of carbonyl (C=O) groups excluding carboxylic acids is 2. The number of nitrogens with one attached hydrogen (secondary N) is 1. The van der Waals surface area contributed by atoms with Gasteiger partial charge in [-0.25, -0.2) is 0 Å².